The van der Waals surface area contributed by atoms with Crippen LogP contribution in [0, 0.1) is 17.2 Å². The van der Waals surface area contributed by atoms with Gasteiger partial charge in [-0.1, -0.05) is 27.2 Å². The molecule has 0 aromatic heterocycles. The van der Waals surface area contributed by atoms with Crippen LogP contribution in [0.4, 0.5) is 0 Å². The molecule has 0 saturated carbocycles. The smallest absolute Gasteiger partial charge is 0.104 e. The third-order valence-corrected chi connectivity index (χ3v) is 3.97. The Kier molecular flexibility index (Phi) is 9.88. The molecule has 0 fully saturated rings. The first-order valence-corrected chi connectivity index (χ1v) is 8.28. The summed E-state index contributed by atoms with van der Waals surface area (Å²) in [5, 5.41) is 12.7. The zero-order valence-electron chi connectivity index (χ0n) is 14.5. The monoisotopic (exact) mass is 281 g/mol. The molecule has 0 rings (SSSR count). The van der Waals surface area contributed by atoms with Crippen molar-refractivity contribution in [1.82, 2.24) is 10.2 Å². The average molecular weight is 281 g/mol. The van der Waals surface area contributed by atoms with Crippen LogP contribution in [0.1, 0.15) is 67.2 Å². The Morgan fingerprint density at radius 2 is 1.85 bits per heavy atom. The van der Waals surface area contributed by atoms with Crippen LogP contribution >= 0.6 is 0 Å². The van der Waals surface area contributed by atoms with Crippen LogP contribution in [-0.4, -0.2) is 36.1 Å². The zero-order valence-corrected chi connectivity index (χ0v) is 14.5. The van der Waals surface area contributed by atoms with Gasteiger partial charge in [-0.25, -0.2) is 0 Å². The number of unbranched alkanes of at least 4 members (excludes halogenated alkanes) is 1. The van der Waals surface area contributed by atoms with E-state index in [1.165, 1.54) is 19.4 Å². The summed E-state index contributed by atoms with van der Waals surface area (Å²) >= 11 is 0. The van der Waals surface area contributed by atoms with Crippen LogP contribution in [0.2, 0.25) is 0 Å². The summed E-state index contributed by atoms with van der Waals surface area (Å²) in [6, 6.07) is 2.79. The summed E-state index contributed by atoms with van der Waals surface area (Å²) in [5.74, 6) is 0.780. The summed E-state index contributed by atoms with van der Waals surface area (Å²) in [6.07, 6.45) is 4.48. The average Bonchev–Trinajstić information content (AvgIpc) is 2.41. The van der Waals surface area contributed by atoms with E-state index in [9.17, 15) is 5.26 Å². The fraction of sp³-hybridized carbons (Fsp3) is 0.941. The van der Waals surface area contributed by atoms with Crippen LogP contribution in [0.25, 0.3) is 0 Å². The molecule has 0 spiro atoms. The third kappa shape index (κ3) is 8.55. The molecule has 0 saturated heterocycles. The van der Waals surface area contributed by atoms with E-state index in [0.717, 1.165) is 31.8 Å². The van der Waals surface area contributed by atoms with Crippen molar-refractivity contribution in [2.24, 2.45) is 5.92 Å². The Morgan fingerprint density at radius 3 is 2.30 bits per heavy atom. The lowest BCUT2D eigenvalue weighted by atomic mass is 9.95. The highest BCUT2D eigenvalue weighted by molar-refractivity contribution is 5.04. The highest BCUT2D eigenvalue weighted by Crippen LogP contribution is 2.14. The highest BCUT2D eigenvalue weighted by atomic mass is 15.1. The molecular weight excluding hydrogens is 246 g/mol. The fourth-order valence-electron chi connectivity index (χ4n) is 2.56. The van der Waals surface area contributed by atoms with Gasteiger partial charge in [-0.05, 0) is 59.0 Å². The highest BCUT2D eigenvalue weighted by Gasteiger charge is 2.23. The number of nitrogens with one attached hydrogen (secondary N) is 1. The normalized spacial score (nSPS) is 16.1. The molecule has 0 heterocycles. The van der Waals surface area contributed by atoms with E-state index in [-0.39, 0.29) is 5.54 Å². The van der Waals surface area contributed by atoms with Gasteiger partial charge >= 0.3 is 0 Å². The molecule has 0 aliphatic carbocycles. The molecule has 3 heteroatoms. The summed E-state index contributed by atoms with van der Waals surface area (Å²) < 4.78 is 0. The van der Waals surface area contributed by atoms with Crippen molar-refractivity contribution >= 4 is 0 Å². The van der Waals surface area contributed by atoms with Gasteiger partial charge in [0.15, 0.2) is 0 Å². The summed E-state index contributed by atoms with van der Waals surface area (Å²) in [7, 11) is 0. The second-order valence-electron chi connectivity index (χ2n) is 6.61. The molecule has 2 atom stereocenters. The van der Waals surface area contributed by atoms with Gasteiger partial charge in [0.05, 0.1) is 6.07 Å². The minimum Gasteiger partial charge on any atom is -0.303 e. The predicted molar refractivity (Wildman–Crippen MR) is 87.7 cm³/mol. The number of nitrogens with zero attached hydrogens (tertiary/aromatic N) is 2. The minimum absolute atomic E-state index is 0.359. The first-order chi connectivity index (χ1) is 9.36. The second-order valence-corrected chi connectivity index (χ2v) is 6.61. The van der Waals surface area contributed by atoms with E-state index in [2.05, 4.69) is 50.9 Å². The van der Waals surface area contributed by atoms with Gasteiger partial charge in [-0.2, -0.15) is 5.26 Å². The fourth-order valence-corrected chi connectivity index (χ4v) is 2.56. The maximum atomic E-state index is 9.32. The van der Waals surface area contributed by atoms with Crippen molar-refractivity contribution in [2.45, 2.75) is 78.8 Å². The van der Waals surface area contributed by atoms with E-state index in [4.69, 9.17) is 0 Å². The zero-order chi connectivity index (χ0) is 15.6. The Labute approximate surface area is 126 Å². The van der Waals surface area contributed by atoms with Gasteiger partial charge in [0.1, 0.15) is 5.54 Å². The molecule has 118 valence electrons. The Morgan fingerprint density at radius 1 is 1.20 bits per heavy atom. The van der Waals surface area contributed by atoms with Crippen molar-refractivity contribution in [2.75, 3.05) is 19.6 Å². The minimum atomic E-state index is -0.373. The molecule has 0 aliphatic heterocycles. The van der Waals surface area contributed by atoms with Gasteiger partial charge in [-0.15, -0.1) is 0 Å². The number of hydrogen-bond donors (Lipinski definition) is 1. The first-order valence-electron chi connectivity index (χ1n) is 8.28. The Balaban J connectivity index is 4.01. The molecule has 0 radical (unpaired) electrons. The molecule has 0 aromatic rings. The van der Waals surface area contributed by atoms with Crippen molar-refractivity contribution in [3.05, 3.63) is 0 Å². The van der Waals surface area contributed by atoms with Gasteiger partial charge in [0.2, 0.25) is 0 Å². The Bertz CT molecular complexity index is 282. The van der Waals surface area contributed by atoms with Crippen molar-refractivity contribution in [1.29, 1.82) is 5.26 Å². The van der Waals surface area contributed by atoms with Crippen LogP contribution in [0.3, 0.4) is 0 Å². The summed E-state index contributed by atoms with van der Waals surface area (Å²) in [4.78, 5) is 2.54. The Hall–Kier alpha value is -0.590. The second kappa shape index (κ2) is 10.2. The van der Waals surface area contributed by atoms with Crippen molar-refractivity contribution in [3.8, 4) is 6.07 Å². The summed E-state index contributed by atoms with van der Waals surface area (Å²) in [5.41, 5.74) is -0.373. The number of hydrogen-bond acceptors (Lipinski definition) is 3. The van der Waals surface area contributed by atoms with Crippen LogP contribution in [-0.2, 0) is 0 Å². The largest absolute Gasteiger partial charge is 0.303 e. The van der Waals surface area contributed by atoms with Crippen LogP contribution in [0.15, 0.2) is 0 Å². The third-order valence-electron chi connectivity index (χ3n) is 3.97. The molecule has 0 aliphatic rings. The SMILES string of the molecule is CCC(C)CN(CC)CCCCC(C)(C#N)NC(C)C. The molecule has 20 heavy (non-hydrogen) atoms. The van der Waals surface area contributed by atoms with E-state index < -0.39 is 0 Å². The van der Waals surface area contributed by atoms with Crippen LogP contribution < -0.4 is 5.32 Å². The van der Waals surface area contributed by atoms with E-state index in [0.29, 0.717) is 6.04 Å². The number of rotatable bonds is 11. The lowest BCUT2D eigenvalue weighted by Crippen LogP contribution is -2.45. The standard InChI is InChI=1S/C17H35N3/c1-7-16(5)13-20(8-2)12-10-9-11-17(6,14-18)19-15(3)4/h15-16,19H,7-13H2,1-6H3. The molecule has 0 amide bonds. The molecule has 3 nitrogen and oxygen atoms in total. The van der Waals surface area contributed by atoms with E-state index >= 15 is 0 Å². The first kappa shape index (κ1) is 19.4. The molecule has 2 unspecified atom stereocenters. The summed E-state index contributed by atoms with van der Waals surface area (Å²) in [6.45, 7) is 16.5. The van der Waals surface area contributed by atoms with Crippen molar-refractivity contribution < 1.29 is 0 Å². The topological polar surface area (TPSA) is 39.1 Å². The number of nitriles is 1. The van der Waals surface area contributed by atoms with Gasteiger partial charge in [-0.3, -0.25) is 5.32 Å². The lowest BCUT2D eigenvalue weighted by Gasteiger charge is -2.27. The lowest BCUT2D eigenvalue weighted by molar-refractivity contribution is 0.237. The van der Waals surface area contributed by atoms with E-state index in [1.807, 2.05) is 6.92 Å². The predicted octanol–water partition coefficient (Wildman–Crippen LogP) is 3.80. The van der Waals surface area contributed by atoms with Crippen molar-refractivity contribution in [3.63, 3.8) is 0 Å². The maximum Gasteiger partial charge on any atom is 0.104 e. The van der Waals surface area contributed by atoms with E-state index in [1.54, 1.807) is 0 Å². The quantitative estimate of drug-likeness (QED) is 0.585. The molecular formula is C17H35N3. The van der Waals surface area contributed by atoms with Gasteiger partial charge < -0.3 is 4.90 Å². The van der Waals surface area contributed by atoms with Gasteiger partial charge in [0, 0.05) is 12.6 Å². The van der Waals surface area contributed by atoms with Crippen LogP contribution in [0.5, 0.6) is 0 Å². The molecule has 0 aromatic carbocycles. The molecule has 0 bridgehead atoms. The molecule has 1 N–H and O–H groups in total. The van der Waals surface area contributed by atoms with Gasteiger partial charge in [0.25, 0.3) is 0 Å². The maximum absolute atomic E-state index is 9.32.